The van der Waals surface area contributed by atoms with E-state index in [0.29, 0.717) is 23.9 Å². The maximum atomic E-state index is 5.35. The minimum absolute atomic E-state index is 0.373. The summed E-state index contributed by atoms with van der Waals surface area (Å²) in [6.45, 7) is 1.86. The Morgan fingerprint density at radius 3 is 2.76 bits per heavy atom. The summed E-state index contributed by atoms with van der Waals surface area (Å²) in [5.41, 5.74) is 0. The molecule has 1 aromatic rings. The predicted molar refractivity (Wildman–Crippen MR) is 65.4 cm³/mol. The molecule has 0 saturated heterocycles. The van der Waals surface area contributed by atoms with E-state index in [1.54, 1.807) is 14.2 Å². The van der Waals surface area contributed by atoms with Gasteiger partial charge in [0, 0.05) is 19.2 Å². The van der Waals surface area contributed by atoms with E-state index in [0.717, 1.165) is 25.1 Å². The van der Waals surface area contributed by atoms with Crippen molar-refractivity contribution < 1.29 is 9.47 Å². The average Bonchev–Trinajstić information content (AvgIpc) is 2.76. The molecule has 17 heavy (non-hydrogen) atoms. The molecule has 1 heterocycles. The summed E-state index contributed by atoms with van der Waals surface area (Å²) in [4.78, 5) is 8.51. The topological polar surface area (TPSA) is 56.3 Å². The van der Waals surface area contributed by atoms with Gasteiger partial charge in [0.25, 0.3) is 0 Å². The molecule has 0 amide bonds. The number of aromatic nitrogens is 2. The molecule has 1 saturated carbocycles. The van der Waals surface area contributed by atoms with Crippen molar-refractivity contribution in [3.8, 4) is 5.88 Å². The SMILES string of the molecule is COc1cc(NC2CCC(OC)C2)nc(C)n1. The Labute approximate surface area is 102 Å². The second-order valence-electron chi connectivity index (χ2n) is 4.35. The van der Waals surface area contributed by atoms with E-state index in [2.05, 4.69) is 15.3 Å². The van der Waals surface area contributed by atoms with Crippen LogP contribution in [0.2, 0.25) is 0 Å². The zero-order valence-electron chi connectivity index (χ0n) is 10.6. The summed E-state index contributed by atoms with van der Waals surface area (Å²) >= 11 is 0. The third-order valence-electron chi connectivity index (χ3n) is 3.09. The van der Waals surface area contributed by atoms with Gasteiger partial charge in [-0.2, -0.15) is 4.98 Å². The van der Waals surface area contributed by atoms with Crippen LogP contribution in [0.15, 0.2) is 6.07 Å². The minimum Gasteiger partial charge on any atom is -0.481 e. The van der Waals surface area contributed by atoms with Gasteiger partial charge in [-0.3, -0.25) is 0 Å². The molecule has 2 atom stereocenters. The average molecular weight is 237 g/mol. The summed E-state index contributed by atoms with van der Waals surface area (Å²) < 4.78 is 10.5. The molecule has 0 radical (unpaired) electrons. The highest BCUT2D eigenvalue weighted by atomic mass is 16.5. The standard InChI is InChI=1S/C12H19N3O2/c1-8-13-11(7-12(14-8)17-3)15-9-4-5-10(6-9)16-2/h7,9-10H,4-6H2,1-3H3,(H,13,14,15). The van der Waals surface area contributed by atoms with Crippen molar-refractivity contribution in [3.63, 3.8) is 0 Å². The van der Waals surface area contributed by atoms with Gasteiger partial charge in [-0.05, 0) is 26.2 Å². The molecule has 5 nitrogen and oxygen atoms in total. The number of nitrogens with one attached hydrogen (secondary N) is 1. The molecule has 0 aromatic carbocycles. The van der Waals surface area contributed by atoms with Crippen molar-refractivity contribution in [3.05, 3.63) is 11.9 Å². The van der Waals surface area contributed by atoms with Crippen molar-refractivity contribution in [1.82, 2.24) is 9.97 Å². The highest BCUT2D eigenvalue weighted by Gasteiger charge is 2.24. The van der Waals surface area contributed by atoms with Gasteiger partial charge in [-0.1, -0.05) is 0 Å². The molecule has 1 fully saturated rings. The number of rotatable bonds is 4. The van der Waals surface area contributed by atoms with Crippen molar-refractivity contribution >= 4 is 5.82 Å². The molecule has 5 heteroatoms. The van der Waals surface area contributed by atoms with E-state index in [1.807, 2.05) is 13.0 Å². The first-order chi connectivity index (χ1) is 8.21. The highest BCUT2D eigenvalue weighted by Crippen LogP contribution is 2.25. The molecular formula is C12H19N3O2. The van der Waals surface area contributed by atoms with Crippen molar-refractivity contribution in [2.75, 3.05) is 19.5 Å². The Balaban J connectivity index is 2.01. The van der Waals surface area contributed by atoms with Crippen LogP contribution in [-0.2, 0) is 4.74 Å². The first-order valence-electron chi connectivity index (χ1n) is 5.90. The lowest BCUT2D eigenvalue weighted by Crippen LogP contribution is -2.18. The second-order valence-corrected chi connectivity index (χ2v) is 4.35. The molecule has 2 rings (SSSR count). The molecule has 94 valence electrons. The number of nitrogens with zero attached hydrogens (tertiary/aromatic N) is 2. The van der Waals surface area contributed by atoms with E-state index in [1.165, 1.54) is 0 Å². The largest absolute Gasteiger partial charge is 0.481 e. The summed E-state index contributed by atoms with van der Waals surface area (Å²) in [7, 11) is 3.38. The lowest BCUT2D eigenvalue weighted by molar-refractivity contribution is 0.108. The van der Waals surface area contributed by atoms with E-state index >= 15 is 0 Å². The fraction of sp³-hybridized carbons (Fsp3) is 0.667. The van der Waals surface area contributed by atoms with Crippen LogP contribution in [0.3, 0.4) is 0 Å². The first-order valence-corrected chi connectivity index (χ1v) is 5.90. The molecule has 1 aromatic heterocycles. The Morgan fingerprint density at radius 1 is 1.29 bits per heavy atom. The van der Waals surface area contributed by atoms with Gasteiger partial charge in [0.1, 0.15) is 11.6 Å². The number of aryl methyl sites for hydroxylation is 1. The van der Waals surface area contributed by atoms with Crippen molar-refractivity contribution in [2.24, 2.45) is 0 Å². The van der Waals surface area contributed by atoms with E-state index in [4.69, 9.17) is 9.47 Å². The number of anilines is 1. The first kappa shape index (κ1) is 12.1. The summed E-state index contributed by atoms with van der Waals surface area (Å²) in [6, 6.07) is 2.26. The van der Waals surface area contributed by atoms with Crippen LogP contribution in [-0.4, -0.2) is 36.3 Å². The van der Waals surface area contributed by atoms with E-state index < -0.39 is 0 Å². The predicted octanol–water partition coefficient (Wildman–Crippen LogP) is 1.77. The van der Waals surface area contributed by atoms with Gasteiger partial charge in [0.05, 0.1) is 13.2 Å². The third-order valence-corrected chi connectivity index (χ3v) is 3.09. The van der Waals surface area contributed by atoms with Gasteiger partial charge in [0.2, 0.25) is 5.88 Å². The fourth-order valence-corrected chi connectivity index (χ4v) is 2.21. The highest BCUT2D eigenvalue weighted by molar-refractivity contribution is 5.39. The third kappa shape index (κ3) is 3.06. The number of hydrogen-bond acceptors (Lipinski definition) is 5. The smallest absolute Gasteiger partial charge is 0.218 e. The molecule has 1 aliphatic rings. The maximum absolute atomic E-state index is 5.35. The fourth-order valence-electron chi connectivity index (χ4n) is 2.21. The van der Waals surface area contributed by atoms with Crippen LogP contribution >= 0.6 is 0 Å². The molecule has 1 aliphatic carbocycles. The molecule has 1 N–H and O–H groups in total. The maximum Gasteiger partial charge on any atom is 0.218 e. The quantitative estimate of drug-likeness (QED) is 0.865. The van der Waals surface area contributed by atoms with Gasteiger partial charge in [-0.15, -0.1) is 0 Å². The van der Waals surface area contributed by atoms with Crippen molar-refractivity contribution in [1.29, 1.82) is 0 Å². The molecule has 0 spiro atoms. The van der Waals surface area contributed by atoms with Crippen LogP contribution in [0.1, 0.15) is 25.1 Å². The summed E-state index contributed by atoms with van der Waals surface area (Å²) in [5.74, 6) is 2.14. The monoisotopic (exact) mass is 237 g/mol. The molecule has 0 bridgehead atoms. The summed E-state index contributed by atoms with van der Waals surface area (Å²) in [6.07, 6.45) is 3.62. The van der Waals surface area contributed by atoms with Gasteiger partial charge in [-0.25, -0.2) is 4.98 Å². The molecule has 2 unspecified atom stereocenters. The Morgan fingerprint density at radius 2 is 2.12 bits per heavy atom. The van der Waals surface area contributed by atoms with Crippen molar-refractivity contribution in [2.45, 2.75) is 38.3 Å². The number of ether oxygens (including phenoxy) is 2. The molecule has 0 aliphatic heterocycles. The summed E-state index contributed by atoms with van der Waals surface area (Å²) in [5, 5.41) is 3.41. The normalized spacial score (nSPS) is 23.7. The van der Waals surface area contributed by atoms with Gasteiger partial charge in [0.15, 0.2) is 0 Å². The van der Waals surface area contributed by atoms with Gasteiger partial charge < -0.3 is 14.8 Å². The lowest BCUT2D eigenvalue weighted by atomic mass is 10.2. The van der Waals surface area contributed by atoms with Crippen LogP contribution < -0.4 is 10.1 Å². The molecular weight excluding hydrogens is 218 g/mol. The van der Waals surface area contributed by atoms with Crippen LogP contribution in [0.4, 0.5) is 5.82 Å². The lowest BCUT2D eigenvalue weighted by Gasteiger charge is -2.14. The number of hydrogen-bond donors (Lipinski definition) is 1. The van der Waals surface area contributed by atoms with E-state index in [-0.39, 0.29) is 0 Å². The number of methoxy groups -OCH3 is 2. The van der Waals surface area contributed by atoms with E-state index in [9.17, 15) is 0 Å². The Hall–Kier alpha value is -1.36. The van der Waals surface area contributed by atoms with Crippen LogP contribution in [0.25, 0.3) is 0 Å². The minimum atomic E-state index is 0.373. The van der Waals surface area contributed by atoms with Crippen LogP contribution in [0.5, 0.6) is 5.88 Å². The second kappa shape index (κ2) is 5.31. The Bertz CT molecular complexity index is 384. The zero-order valence-corrected chi connectivity index (χ0v) is 10.6. The van der Waals surface area contributed by atoms with Gasteiger partial charge >= 0.3 is 0 Å². The zero-order chi connectivity index (χ0) is 12.3. The van der Waals surface area contributed by atoms with Crippen LogP contribution in [0, 0.1) is 6.92 Å². The Kier molecular flexibility index (Phi) is 3.78.